The van der Waals surface area contributed by atoms with Gasteiger partial charge in [-0.3, -0.25) is 9.59 Å². The molecular weight excluding hydrogens is 310 g/mol. The summed E-state index contributed by atoms with van der Waals surface area (Å²) in [6, 6.07) is 0. The number of likely N-dealkylation sites (tertiary alicyclic amines) is 1. The third kappa shape index (κ3) is 4.08. The zero-order chi connectivity index (χ0) is 18.0. The number of esters is 1. The number of rotatable bonds is 1. The van der Waals surface area contributed by atoms with Crippen LogP contribution in [-0.2, 0) is 19.1 Å². The fraction of sp³-hybridized carbons (Fsp3) is 0.833. The fourth-order valence-electron chi connectivity index (χ4n) is 4.01. The van der Waals surface area contributed by atoms with Crippen molar-refractivity contribution < 1.29 is 23.9 Å². The van der Waals surface area contributed by atoms with Crippen LogP contribution >= 0.6 is 0 Å². The minimum absolute atomic E-state index is 0.0150. The number of nitrogens with zero attached hydrogens (tertiary/aromatic N) is 1. The number of methoxy groups -OCH3 is 1. The van der Waals surface area contributed by atoms with Crippen LogP contribution in [-0.4, -0.2) is 48.5 Å². The van der Waals surface area contributed by atoms with Gasteiger partial charge in [-0.1, -0.05) is 0 Å². The zero-order valence-electron chi connectivity index (χ0n) is 15.2. The molecule has 0 aromatic heterocycles. The molecule has 1 saturated heterocycles. The first-order valence-electron chi connectivity index (χ1n) is 8.77. The molecular formula is C18H29NO5. The maximum Gasteiger partial charge on any atom is 0.410 e. The summed E-state index contributed by atoms with van der Waals surface area (Å²) in [6.07, 6.45) is 3.92. The summed E-state index contributed by atoms with van der Waals surface area (Å²) in [5.41, 5.74) is -0.907. The van der Waals surface area contributed by atoms with E-state index in [1.165, 1.54) is 7.11 Å². The Kier molecular flexibility index (Phi) is 5.56. The first-order valence-corrected chi connectivity index (χ1v) is 8.77. The summed E-state index contributed by atoms with van der Waals surface area (Å²) in [6.45, 7) is 6.64. The molecule has 6 heteroatoms. The molecule has 2 atom stereocenters. The molecule has 1 aliphatic heterocycles. The highest BCUT2D eigenvalue weighted by Crippen LogP contribution is 2.47. The second-order valence-electron chi connectivity index (χ2n) is 7.96. The average molecular weight is 339 g/mol. The van der Waals surface area contributed by atoms with Crippen LogP contribution in [0.15, 0.2) is 0 Å². The van der Waals surface area contributed by atoms with Crippen molar-refractivity contribution in [3.63, 3.8) is 0 Å². The highest BCUT2D eigenvalue weighted by atomic mass is 16.6. The highest BCUT2D eigenvalue weighted by Gasteiger charge is 2.50. The molecule has 2 unspecified atom stereocenters. The molecule has 0 aromatic rings. The topological polar surface area (TPSA) is 72.9 Å². The van der Waals surface area contributed by atoms with Crippen molar-refractivity contribution in [3.05, 3.63) is 0 Å². The van der Waals surface area contributed by atoms with Crippen LogP contribution in [0.5, 0.6) is 0 Å². The van der Waals surface area contributed by atoms with E-state index in [4.69, 9.17) is 9.47 Å². The number of carbonyl (C=O) groups excluding carboxylic acids is 3. The summed E-state index contributed by atoms with van der Waals surface area (Å²) in [5.74, 6) is -1.13. The summed E-state index contributed by atoms with van der Waals surface area (Å²) < 4.78 is 10.4. The molecule has 1 saturated carbocycles. The van der Waals surface area contributed by atoms with Gasteiger partial charge in [0.05, 0.1) is 7.11 Å². The van der Waals surface area contributed by atoms with Crippen molar-refractivity contribution in [3.8, 4) is 0 Å². The Hall–Kier alpha value is -1.59. The van der Waals surface area contributed by atoms with Crippen LogP contribution in [0, 0.1) is 11.3 Å². The van der Waals surface area contributed by atoms with Crippen LogP contribution in [0.2, 0.25) is 0 Å². The highest BCUT2D eigenvalue weighted by molar-refractivity contribution is 6.00. The fourth-order valence-corrected chi connectivity index (χ4v) is 4.01. The summed E-state index contributed by atoms with van der Waals surface area (Å²) in [4.78, 5) is 38.6. The van der Waals surface area contributed by atoms with Crippen LogP contribution < -0.4 is 0 Å². The van der Waals surface area contributed by atoms with E-state index < -0.39 is 17.5 Å². The van der Waals surface area contributed by atoms with Gasteiger partial charge in [-0.25, -0.2) is 4.79 Å². The Labute approximate surface area is 143 Å². The first-order chi connectivity index (χ1) is 11.2. The molecule has 0 N–H and O–H groups in total. The Morgan fingerprint density at radius 3 is 2.42 bits per heavy atom. The van der Waals surface area contributed by atoms with Gasteiger partial charge in [-0.2, -0.15) is 0 Å². The summed E-state index contributed by atoms with van der Waals surface area (Å²) in [5, 5.41) is 0. The van der Waals surface area contributed by atoms with Gasteiger partial charge in [-0.15, -0.1) is 0 Å². The minimum atomic E-state index is -0.685. The normalized spacial score (nSPS) is 28.4. The van der Waals surface area contributed by atoms with Crippen molar-refractivity contribution in [1.29, 1.82) is 0 Å². The SMILES string of the molecule is COC(=O)C1C(=O)CCCC12CCCN(C(=O)OC(C)(C)C)CC2. The third-order valence-electron chi connectivity index (χ3n) is 5.10. The number of ketones is 1. The molecule has 6 nitrogen and oxygen atoms in total. The largest absolute Gasteiger partial charge is 0.468 e. The second kappa shape index (κ2) is 7.11. The number of Topliss-reactive ketones (excluding diaryl/α,β-unsaturated/α-hetero) is 1. The van der Waals surface area contributed by atoms with Crippen molar-refractivity contribution >= 4 is 17.8 Å². The predicted molar refractivity (Wildman–Crippen MR) is 88.5 cm³/mol. The maximum atomic E-state index is 12.4. The van der Waals surface area contributed by atoms with E-state index in [1.54, 1.807) is 4.90 Å². The Morgan fingerprint density at radius 1 is 1.12 bits per heavy atom. The average Bonchev–Trinajstić information content (AvgIpc) is 2.68. The van der Waals surface area contributed by atoms with Gasteiger partial charge in [0.25, 0.3) is 0 Å². The van der Waals surface area contributed by atoms with E-state index in [1.807, 2.05) is 20.8 Å². The molecule has 2 rings (SSSR count). The molecule has 0 aromatic carbocycles. The lowest BCUT2D eigenvalue weighted by molar-refractivity contribution is -0.158. The molecule has 0 radical (unpaired) electrons. The molecule has 2 fully saturated rings. The zero-order valence-corrected chi connectivity index (χ0v) is 15.2. The molecule has 24 heavy (non-hydrogen) atoms. The van der Waals surface area contributed by atoms with Crippen molar-refractivity contribution in [2.24, 2.45) is 11.3 Å². The quantitative estimate of drug-likeness (QED) is 0.542. The van der Waals surface area contributed by atoms with E-state index in [0.717, 1.165) is 25.7 Å². The van der Waals surface area contributed by atoms with Gasteiger partial charge in [0, 0.05) is 19.5 Å². The Balaban J connectivity index is 2.13. The van der Waals surface area contributed by atoms with Crippen LogP contribution in [0.25, 0.3) is 0 Å². The summed E-state index contributed by atoms with van der Waals surface area (Å²) in [7, 11) is 1.33. The van der Waals surface area contributed by atoms with Gasteiger partial charge in [0.15, 0.2) is 0 Å². The van der Waals surface area contributed by atoms with E-state index in [-0.39, 0.29) is 17.3 Å². The van der Waals surface area contributed by atoms with Crippen molar-refractivity contribution in [2.45, 2.75) is 64.9 Å². The molecule has 136 valence electrons. The van der Waals surface area contributed by atoms with E-state index >= 15 is 0 Å². The molecule has 1 aliphatic carbocycles. The van der Waals surface area contributed by atoms with Crippen LogP contribution in [0.1, 0.15) is 59.3 Å². The van der Waals surface area contributed by atoms with Gasteiger partial charge in [0.1, 0.15) is 17.3 Å². The smallest absolute Gasteiger partial charge is 0.410 e. The second-order valence-corrected chi connectivity index (χ2v) is 7.96. The molecule has 1 spiro atoms. The van der Waals surface area contributed by atoms with Crippen LogP contribution in [0.3, 0.4) is 0 Å². The monoisotopic (exact) mass is 339 g/mol. The van der Waals surface area contributed by atoms with Gasteiger partial charge in [-0.05, 0) is 58.3 Å². The third-order valence-corrected chi connectivity index (χ3v) is 5.10. The maximum absolute atomic E-state index is 12.4. The van der Waals surface area contributed by atoms with Gasteiger partial charge >= 0.3 is 12.1 Å². The number of amides is 1. The van der Waals surface area contributed by atoms with Gasteiger partial charge < -0.3 is 14.4 Å². The molecule has 2 aliphatic rings. The lowest BCUT2D eigenvalue weighted by atomic mass is 9.62. The number of carbonyl (C=O) groups is 3. The van der Waals surface area contributed by atoms with Crippen molar-refractivity contribution in [1.82, 2.24) is 4.90 Å². The Bertz CT molecular complexity index is 502. The standard InChI is InChI=1S/C18H29NO5/c1-17(2,3)24-16(22)19-11-6-9-18(10-12-19)8-5-7-13(20)14(18)15(21)23-4/h14H,5-12H2,1-4H3. The number of hydrogen-bond acceptors (Lipinski definition) is 5. The van der Waals surface area contributed by atoms with Crippen LogP contribution in [0.4, 0.5) is 4.79 Å². The van der Waals surface area contributed by atoms with E-state index in [0.29, 0.717) is 25.9 Å². The number of hydrogen-bond donors (Lipinski definition) is 0. The molecule has 1 heterocycles. The lowest BCUT2D eigenvalue weighted by Gasteiger charge is -2.41. The lowest BCUT2D eigenvalue weighted by Crippen LogP contribution is -2.45. The van der Waals surface area contributed by atoms with Gasteiger partial charge in [0.2, 0.25) is 0 Å². The summed E-state index contributed by atoms with van der Waals surface area (Å²) >= 11 is 0. The molecule has 1 amide bonds. The predicted octanol–water partition coefficient (Wildman–Crippen LogP) is 2.94. The number of ether oxygens (including phenoxy) is 2. The van der Waals surface area contributed by atoms with E-state index in [9.17, 15) is 14.4 Å². The van der Waals surface area contributed by atoms with Crippen molar-refractivity contribution in [2.75, 3.05) is 20.2 Å². The molecule has 0 bridgehead atoms. The van der Waals surface area contributed by atoms with E-state index in [2.05, 4.69) is 0 Å². The minimum Gasteiger partial charge on any atom is -0.468 e. The Morgan fingerprint density at radius 2 is 1.79 bits per heavy atom. The first kappa shape index (κ1) is 18.7.